The van der Waals surface area contributed by atoms with Gasteiger partial charge in [0.15, 0.2) is 0 Å². The van der Waals surface area contributed by atoms with E-state index in [1.165, 1.54) is 19.6 Å². The molecule has 4 aromatic carbocycles. The first kappa shape index (κ1) is 47.5. The molecule has 2 saturated heterocycles. The second-order valence-corrected chi connectivity index (χ2v) is 20.8. The van der Waals surface area contributed by atoms with Crippen LogP contribution in [0.5, 0.6) is 23.0 Å². The number of nitrogens with zero attached hydrogens (tertiary/aromatic N) is 3. The average molecular weight is 987 g/mol. The van der Waals surface area contributed by atoms with E-state index in [1.807, 2.05) is 58.0 Å². The second kappa shape index (κ2) is 19.9. The summed E-state index contributed by atoms with van der Waals surface area (Å²) in [5.74, 6) is 2.26. The monoisotopic (exact) mass is 984 g/mol. The number of rotatable bonds is 8. The highest BCUT2D eigenvalue weighted by Crippen LogP contribution is 2.33. The molecule has 316 valence electrons. The van der Waals surface area contributed by atoms with Crippen LogP contribution in [0, 0.1) is 27.7 Å². The molecule has 0 bridgehead atoms. The first-order valence-corrected chi connectivity index (χ1v) is 23.0. The Morgan fingerprint density at radius 3 is 1.31 bits per heavy atom. The number of sulfonamides is 2. The summed E-state index contributed by atoms with van der Waals surface area (Å²) >= 11 is 6.79. The van der Waals surface area contributed by atoms with Crippen molar-refractivity contribution in [3.05, 3.63) is 104 Å². The number of ether oxygens (including phenoxy) is 3. The van der Waals surface area contributed by atoms with E-state index in [4.69, 9.17) is 14.2 Å². The lowest BCUT2D eigenvalue weighted by atomic mass is 10.1. The van der Waals surface area contributed by atoms with E-state index in [2.05, 4.69) is 43.2 Å². The zero-order valence-corrected chi connectivity index (χ0v) is 39.3. The molecule has 0 aliphatic carbocycles. The number of nitrogens with one attached hydrogen (secondary N) is 1. The van der Waals surface area contributed by atoms with Crippen molar-refractivity contribution in [1.29, 1.82) is 0 Å². The Morgan fingerprint density at radius 2 is 0.931 bits per heavy atom. The number of aryl methyl sites for hydroxylation is 4. The van der Waals surface area contributed by atoms with Crippen LogP contribution >= 0.6 is 44.3 Å². The Bertz CT molecular complexity index is 2270. The van der Waals surface area contributed by atoms with Crippen molar-refractivity contribution >= 4 is 70.4 Å². The van der Waals surface area contributed by atoms with Crippen LogP contribution in [0.2, 0.25) is 0 Å². The molecule has 0 atom stereocenters. The molecule has 0 unspecified atom stereocenters. The summed E-state index contributed by atoms with van der Waals surface area (Å²) in [7, 11) is -7.29. The molecule has 0 aromatic heterocycles. The molecule has 4 aromatic rings. The largest absolute Gasteiger partial charge is 0.457 e. The van der Waals surface area contributed by atoms with E-state index in [1.54, 1.807) is 51.1 Å². The van der Waals surface area contributed by atoms with Gasteiger partial charge in [-0.15, -0.1) is 12.4 Å². The van der Waals surface area contributed by atoms with Crippen molar-refractivity contribution in [1.82, 2.24) is 18.8 Å². The third kappa shape index (κ3) is 13.1. The summed E-state index contributed by atoms with van der Waals surface area (Å²) in [5, 5.41) is 3.16. The van der Waals surface area contributed by atoms with Crippen molar-refractivity contribution in [3.63, 3.8) is 0 Å². The number of benzene rings is 4. The predicted octanol–water partition coefficient (Wildman–Crippen LogP) is 8.97. The van der Waals surface area contributed by atoms with E-state index in [9.17, 15) is 21.6 Å². The number of halogens is 3. The lowest BCUT2D eigenvalue weighted by molar-refractivity contribution is 0.0192. The maximum Gasteiger partial charge on any atom is 0.410 e. The second-order valence-electron chi connectivity index (χ2n) is 15.1. The molecule has 12 nitrogen and oxygen atoms in total. The van der Waals surface area contributed by atoms with E-state index < -0.39 is 31.7 Å². The summed E-state index contributed by atoms with van der Waals surface area (Å²) < 4.78 is 73.7. The Morgan fingerprint density at radius 1 is 0.569 bits per heavy atom. The smallest absolute Gasteiger partial charge is 0.410 e. The molecule has 0 spiro atoms. The average Bonchev–Trinajstić information content (AvgIpc) is 3.10. The van der Waals surface area contributed by atoms with E-state index >= 15 is 0 Å². The molecule has 17 heteroatoms. The molecule has 2 heterocycles. The fraction of sp³-hybridized carbons (Fsp3) is 0.390. The normalized spacial score (nSPS) is 15.4. The minimum atomic E-state index is -3.76. The molecular formula is C41H51Br2ClN4O8S2. The van der Waals surface area contributed by atoms with E-state index in [-0.39, 0.29) is 48.4 Å². The molecule has 58 heavy (non-hydrogen) atoms. The summed E-state index contributed by atoms with van der Waals surface area (Å²) in [6.45, 7) is 16.6. The van der Waals surface area contributed by atoms with Gasteiger partial charge >= 0.3 is 6.09 Å². The molecule has 0 saturated carbocycles. The van der Waals surface area contributed by atoms with Gasteiger partial charge in [-0.25, -0.2) is 21.6 Å². The number of carbonyl (C=O) groups is 1. The molecule has 1 N–H and O–H groups in total. The van der Waals surface area contributed by atoms with Gasteiger partial charge in [0.05, 0.1) is 9.79 Å². The summed E-state index contributed by atoms with van der Waals surface area (Å²) in [4.78, 5) is 14.2. The highest BCUT2D eigenvalue weighted by Gasteiger charge is 2.33. The first-order valence-electron chi connectivity index (χ1n) is 18.5. The Labute approximate surface area is 366 Å². The molecule has 0 radical (unpaired) electrons. The third-order valence-corrected chi connectivity index (χ3v) is 13.5. The molecule has 6 rings (SSSR count). The maximum absolute atomic E-state index is 13.3. The van der Waals surface area contributed by atoms with Crippen LogP contribution in [-0.2, 0) is 24.8 Å². The van der Waals surface area contributed by atoms with Crippen LogP contribution in [0.25, 0.3) is 0 Å². The van der Waals surface area contributed by atoms with Crippen molar-refractivity contribution in [3.8, 4) is 23.0 Å². The standard InChI is InChI=1S/C23H29BrN2O5S.C18H21BrN2O3S.ClH/c1-16-10-17(2)12-19(11-16)30-20-13-18(24)14-21(15-20)32(28,29)26-8-6-25(7-9-26)22(27)31-23(3,4)5;1-13-7-14(2)9-16(8-13)24-17-10-15(19)11-18(12-17)25(22,23)21-5-3-20-4-6-21;/h10-15H,6-9H2,1-5H3;7-12,20H,3-6H2,1-2H3;1H. The molecule has 1 amide bonds. The van der Waals surface area contributed by atoms with Crippen LogP contribution in [0.15, 0.2) is 91.5 Å². The minimum Gasteiger partial charge on any atom is -0.457 e. The summed E-state index contributed by atoms with van der Waals surface area (Å²) in [5.41, 5.74) is 3.72. The van der Waals surface area contributed by atoms with Crippen molar-refractivity contribution in [2.45, 2.75) is 63.9 Å². The van der Waals surface area contributed by atoms with Crippen LogP contribution in [-0.4, -0.2) is 94.4 Å². The van der Waals surface area contributed by atoms with Gasteiger partial charge in [0.2, 0.25) is 20.0 Å². The van der Waals surface area contributed by atoms with Crippen LogP contribution in [0.4, 0.5) is 4.79 Å². The summed E-state index contributed by atoms with van der Waals surface area (Å²) in [6, 6.07) is 21.6. The zero-order chi connectivity index (χ0) is 41.7. The number of carbonyl (C=O) groups excluding carboxylic acids is 1. The Balaban J connectivity index is 0.000000259. The first-order chi connectivity index (χ1) is 26.7. The number of hydrogen-bond donors (Lipinski definition) is 1. The molecular weight excluding hydrogens is 936 g/mol. The maximum atomic E-state index is 13.3. The number of piperazine rings is 2. The van der Waals surface area contributed by atoms with Gasteiger partial charge in [0.25, 0.3) is 0 Å². The quantitative estimate of drug-likeness (QED) is 0.184. The minimum absolute atomic E-state index is 0. The van der Waals surface area contributed by atoms with Gasteiger partial charge in [0, 0.05) is 73.4 Å². The van der Waals surface area contributed by atoms with E-state index in [0.717, 1.165) is 22.3 Å². The van der Waals surface area contributed by atoms with Crippen molar-refractivity contribution in [2.24, 2.45) is 0 Å². The lowest BCUT2D eigenvalue weighted by Gasteiger charge is -2.35. The zero-order valence-electron chi connectivity index (χ0n) is 33.7. The SMILES string of the molecule is Cc1cc(C)cc(Oc2cc(Br)cc(S(=O)(=O)N3CCN(C(=O)OC(C)(C)C)CC3)c2)c1.Cc1cc(C)cc(Oc2cc(Br)cc(S(=O)(=O)N3CCNCC3)c2)c1.Cl. The molecule has 2 fully saturated rings. The Kier molecular flexibility index (Phi) is 16.3. The van der Waals surface area contributed by atoms with Gasteiger partial charge in [-0.3, -0.25) is 0 Å². The fourth-order valence-corrected chi connectivity index (χ4v) is 10.6. The summed E-state index contributed by atoms with van der Waals surface area (Å²) in [6.07, 6.45) is -0.430. The third-order valence-electron chi connectivity index (χ3n) is 8.79. The van der Waals surface area contributed by atoms with Crippen LogP contribution in [0.1, 0.15) is 43.0 Å². The van der Waals surface area contributed by atoms with Gasteiger partial charge in [0.1, 0.15) is 28.6 Å². The Hall–Kier alpha value is -3.22. The number of hydrogen-bond acceptors (Lipinski definition) is 9. The topological polar surface area (TPSA) is 135 Å². The number of amides is 1. The van der Waals surface area contributed by atoms with Crippen molar-refractivity contribution in [2.75, 3.05) is 52.4 Å². The van der Waals surface area contributed by atoms with E-state index in [0.29, 0.717) is 58.1 Å². The van der Waals surface area contributed by atoms with Crippen molar-refractivity contribution < 1.29 is 35.8 Å². The molecule has 2 aliphatic heterocycles. The van der Waals surface area contributed by atoms with Gasteiger partial charge in [-0.05, 0) is 119 Å². The van der Waals surface area contributed by atoms with Gasteiger partial charge < -0.3 is 24.4 Å². The van der Waals surface area contributed by atoms with Crippen LogP contribution < -0.4 is 14.8 Å². The highest BCUT2D eigenvalue weighted by molar-refractivity contribution is 9.10. The lowest BCUT2D eigenvalue weighted by Crippen LogP contribution is -2.51. The molecule has 2 aliphatic rings. The van der Waals surface area contributed by atoms with Gasteiger partial charge in [-0.2, -0.15) is 8.61 Å². The van der Waals surface area contributed by atoms with Gasteiger partial charge in [-0.1, -0.05) is 44.0 Å². The predicted molar refractivity (Wildman–Crippen MR) is 236 cm³/mol. The highest BCUT2D eigenvalue weighted by atomic mass is 79.9. The fourth-order valence-electron chi connectivity index (χ4n) is 6.37. The van der Waals surface area contributed by atoms with Crippen LogP contribution in [0.3, 0.4) is 0 Å².